The molecule has 0 unspecified atom stereocenters. The summed E-state index contributed by atoms with van der Waals surface area (Å²) in [7, 11) is 7.37. The zero-order valence-corrected chi connectivity index (χ0v) is 25.6. The van der Waals surface area contributed by atoms with Crippen LogP contribution >= 0.6 is 0 Å². The Kier molecular flexibility index (Phi) is 7.06. The van der Waals surface area contributed by atoms with Crippen LogP contribution in [0.2, 0.25) is 0 Å². The van der Waals surface area contributed by atoms with Crippen molar-refractivity contribution in [3.63, 3.8) is 0 Å². The zero-order chi connectivity index (χ0) is 30.7. The summed E-state index contributed by atoms with van der Waals surface area (Å²) >= 11 is 0. The highest BCUT2D eigenvalue weighted by Crippen LogP contribution is 2.56. The molecule has 0 spiro atoms. The third kappa shape index (κ3) is 4.60. The Morgan fingerprint density at radius 2 is 1.45 bits per heavy atom. The Bertz CT molecular complexity index is 1750. The average molecular weight is 595 g/mol. The average Bonchev–Trinajstić information content (AvgIpc) is 3.03. The number of likely N-dealkylation sites (N-methyl/N-ethyl adjacent to an activating group) is 2. The van der Waals surface area contributed by atoms with Crippen molar-refractivity contribution in [2.75, 3.05) is 41.4 Å². The van der Waals surface area contributed by atoms with E-state index in [1.807, 2.05) is 48.5 Å². The monoisotopic (exact) mass is 594 g/mol. The van der Waals surface area contributed by atoms with E-state index < -0.39 is 0 Å². The van der Waals surface area contributed by atoms with E-state index in [1.165, 1.54) is 5.56 Å². The highest BCUT2D eigenvalue weighted by molar-refractivity contribution is 5.88. The van der Waals surface area contributed by atoms with Gasteiger partial charge < -0.3 is 29.5 Å². The van der Waals surface area contributed by atoms with Crippen molar-refractivity contribution < 1.29 is 29.5 Å². The second-order valence-corrected chi connectivity index (χ2v) is 12.2. The predicted octanol–water partition coefficient (Wildman–Crippen LogP) is 6.14. The van der Waals surface area contributed by atoms with Gasteiger partial charge >= 0.3 is 0 Å². The number of ether oxygens (including phenoxy) is 3. The number of hydrogen-bond acceptors (Lipinski definition) is 8. The molecule has 0 radical (unpaired) electrons. The number of benzene rings is 4. The summed E-state index contributed by atoms with van der Waals surface area (Å²) in [6.07, 6.45) is 3.27. The first-order valence-corrected chi connectivity index (χ1v) is 15.1. The van der Waals surface area contributed by atoms with Crippen LogP contribution in [-0.4, -0.2) is 66.5 Å². The fraction of sp³-hybridized carbons (Fsp3) is 0.333. The molecule has 0 fully saturated rings. The van der Waals surface area contributed by atoms with Crippen LogP contribution in [0.4, 0.5) is 0 Å². The number of phenols is 3. The topological polar surface area (TPSA) is 94.9 Å². The number of phenolic OH excluding ortho intramolecular Hbond substituents is 3. The van der Waals surface area contributed by atoms with Crippen molar-refractivity contribution in [2.45, 2.75) is 37.8 Å². The van der Waals surface area contributed by atoms with Gasteiger partial charge in [-0.25, -0.2) is 0 Å². The lowest BCUT2D eigenvalue weighted by atomic mass is 9.76. The van der Waals surface area contributed by atoms with Crippen molar-refractivity contribution >= 4 is 0 Å². The first-order valence-electron chi connectivity index (χ1n) is 15.1. The van der Waals surface area contributed by atoms with E-state index in [-0.39, 0.29) is 29.3 Å². The normalized spacial score (nSPS) is 19.1. The fourth-order valence-electron chi connectivity index (χ4n) is 7.32. The van der Waals surface area contributed by atoms with Gasteiger partial charge in [0.05, 0.1) is 14.2 Å². The molecule has 44 heavy (non-hydrogen) atoms. The van der Waals surface area contributed by atoms with E-state index >= 15 is 0 Å². The van der Waals surface area contributed by atoms with Crippen molar-refractivity contribution in [3.8, 4) is 51.4 Å². The van der Waals surface area contributed by atoms with E-state index in [2.05, 4.69) is 23.9 Å². The molecular formula is C36H38N2O6. The zero-order valence-electron chi connectivity index (χ0n) is 25.6. The van der Waals surface area contributed by atoms with Gasteiger partial charge in [-0.1, -0.05) is 18.2 Å². The molecular weight excluding hydrogens is 556 g/mol. The minimum absolute atomic E-state index is 0.0158. The fourth-order valence-corrected chi connectivity index (χ4v) is 7.32. The molecule has 4 aromatic carbocycles. The molecule has 0 saturated heterocycles. The van der Waals surface area contributed by atoms with E-state index in [4.69, 9.17) is 14.2 Å². The molecule has 1 aliphatic carbocycles. The van der Waals surface area contributed by atoms with Crippen molar-refractivity contribution in [1.29, 1.82) is 0 Å². The number of aromatic hydroxyl groups is 3. The van der Waals surface area contributed by atoms with E-state index in [0.717, 1.165) is 66.6 Å². The third-order valence-electron chi connectivity index (χ3n) is 9.73. The minimum atomic E-state index is 0.0158. The lowest BCUT2D eigenvalue weighted by Gasteiger charge is -2.40. The van der Waals surface area contributed by atoms with Crippen molar-refractivity contribution in [3.05, 3.63) is 88.0 Å². The van der Waals surface area contributed by atoms with E-state index in [9.17, 15) is 15.3 Å². The number of rotatable bonds is 6. The van der Waals surface area contributed by atoms with Crippen LogP contribution in [0.15, 0.2) is 54.6 Å². The van der Waals surface area contributed by atoms with Crippen molar-refractivity contribution in [2.24, 2.45) is 0 Å². The highest BCUT2D eigenvalue weighted by atomic mass is 16.5. The number of hydrogen-bond donors (Lipinski definition) is 3. The highest BCUT2D eigenvalue weighted by Gasteiger charge is 2.38. The van der Waals surface area contributed by atoms with Crippen LogP contribution in [0.25, 0.3) is 11.1 Å². The summed E-state index contributed by atoms with van der Waals surface area (Å²) in [5.41, 5.74) is 8.07. The molecule has 3 N–H and O–H groups in total. The Labute approximate surface area is 257 Å². The summed E-state index contributed by atoms with van der Waals surface area (Å²) in [6.45, 7) is 1.84. The molecule has 2 aliphatic heterocycles. The van der Waals surface area contributed by atoms with Crippen LogP contribution in [0.5, 0.6) is 40.2 Å². The first-order chi connectivity index (χ1) is 21.3. The molecule has 4 aromatic rings. The van der Waals surface area contributed by atoms with Crippen LogP contribution in [0.3, 0.4) is 0 Å². The Balaban J connectivity index is 1.22. The minimum Gasteiger partial charge on any atom is -0.504 e. The second kappa shape index (κ2) is 10.9. The van der Waals surface area contributed by atoms with Crippen LogP contribution < -0.4 is 14.2 Å². The molecule has 8 nitrogen and oxygen atoms in total. The van der Waals surface area contributed by atoms with Gasteiger partial charge in [0, 0.05) is 36.3 Å². The van der Waals surface area contributed by atoms with Gasteiger partial charge in [-0.05, 0) is 110 Å². The number of methoxy groups -OCH3 is 2. The van der Waals surface area contributed by atoms with Gasteiger partial charge in [-0.2, -0.15) is 0 Å². The van der Waals surface area contributed by atoms with Gasteiger partial charge in [0.2, 0.25) is 0 Å². The molecule has 0 bridgehead atoms. The van der Waals surface area contributed by atoms with Crippen LogP contribution in [-0.2, 0) is 25.7 Å². The molecule has 3 aliphatic rings. The third-order valence-corrected chi connectivity index (χ3v) is 9.73. The van der Waals surface area contributed by atoms with Gasteiger partial charge in [0.25, 0.3) is 0 Å². The molecule has 0 aromatic heterocycles. The summed E-state index contributed by atoms with van der Waals surface area (Å²) < 4.78 is 17.4. The molecule has 228 valence electrons. The van der Waals surface area contributed by atoms with Crippen molar-refractivity contribution in [1.82, 2.24) is 9.80 Å². The van der Waals surface area contributed by atoms with Gasteiger partial charge in [-0.15, -0.1) is 0 Å². The first kappa shape index (κ1) is 28.4. The number of nitrogens with zero attached hydrogens (tertiary/aromatic N) is 2. The quantitative estimate of drug-likeness (QED) is 0.245. The van der Waals surface area contributed by atoms with E-state index in [0.29, 0.717) is 34.1 Å². The molecule has 2 atom stereocenters. The Morgan fingerprint density at radius 1 is 0.750 bits per heavy atom. The summed E-state index contributed by atoms with van der Waals surface area (Å²) in [4.78, 5) is 4.64. The van der Waals surface area contributed by atoms with Gasteiger partial charge in [0.15, 0.2) is 34.5 Å². The summed E-state index contributed by atoms with van der Waals surface area (Å²) in [5, 5.41) is 33.0. The van der Waals surface area contributed by atoms with Gasteiger partial charge in [-0.3, -0.25) is 9.80 Å². The SMILES string of the molecule is COc1cc2c(cc1O)[C@@H](Cc1ccc(Oc3c(O)ccc4c3-c3c(O)c(OC)cc5c3[C@@H](C4)N(C)CC5)cc1)N(C)CC2. The van der Waals surface area contributed by atoms with Crippen LogP contribution in [0, 0.1) is 0 Å². The molecule has 0 saturated carbocycles. The molecule has 0 amide bonds. The lowest BCUT2D eigenvalue weighted by molar-refractivity contribution is 0.226. The largest absolute Gasteiger partial charge is 0.504 e. The molecule has 8 heteroatoms. The predicted molar refractivity (Wildman–Crippen MR) is 168 cm³/mol. The summed E-state index contributed by atoms with van der Waals surface area (Å²) in [5.74, 6) is 2.09. The second-order valence-electron chi connectivity index (χ2n) is 12.2. The molecule has 2 heterocycles. The maximum absolute atomic E-state index is 11.4. The van der Waals surface area contributed by atoms with Gasteiger partial charge in [0.1, 0.15) is 5.75 Å². The standard InChI is InChI=1S/C36H38N2O6/c1-37-13-11-21-17-30(42-3)29(40)19-25(21)26(37)15-20-5-8-24(9-6-20)44-36-28(39)10-7-22-16-27-32-23(12-14-38(27)2)18-31(43-4)35(41)34(32)33(22)36/h5-10,17-19,26-27,39-41H,11-16H2,1-4H3/t26-,27-/m1/s1. The van der Waals surface area contributed by atoms with Crippen LogP contribution in [0.1, 0.15) is 45.5 Å². The maximum Gasteiger partial charge on any atom is 0.177 e. The Hall–Kier alpha value is -4.40. The molecule has 7 rings (SSSR count). The van der Waals surface area contributed by atoms with E-state index in [1.54, 1.807) is 20.3 Å². The maximum atomic E-state index is 11.4. The smallest absolute Gasteiger partial charge is 0.177 e. The summed E-state index contributed by atoms with van der Waals surface area (Å²) in [6, 6.07) is 17.5. The number of fused-ring (bicyclic) bond motifs is 3. The Morgan fingerprint density at radius 3 is 2.20 bits per heavy atom. The lowest BCUT2D eigenvalue weighted by Crippen LogP contribution is -2.35.